The van der Waals surface area contributed by atoms with Crippen LogP contribution in [0.4, 0.5) is 0 Å². The first-order valence-corrected chi connectivity index (χ1v) is 10.8. The van der Waals surface area contributed by atoms with Gasteiger partial charge in [-0.2, -0.15) is 5.26 Å². The maximum atomic E-state index is 12.6. The van der Waals surface area contributed by atoms with Gasteiger partial charge in [-0.25, -0.2) is 4.79 Å². The summed E-state index contributed by atoms with van der Waals surface area (Å²) in [6.07, 6.45) is 0.283. The molecule has 0 aromatic heterocycles. The summed E-state index contributed by atoms with van der Waals surface area (Å²) in [4.78, 5) is 12.6. The molecule has 0 amide bonds. The number of nitriles is 1. The van der Waals surface area contributed by atoms with Crippen molar-refractivity contribution >= 4 is 14.0 Å². The number of carbonyl (C=O) groups is 1. The Bertz CT molecular complexity index is 619. The fraction of sp³-hybridized carbons (Fsp3) is 0.389. The number of allylic oxidation sites excluding steroid dienone is 1. The largest absolute Gasteiger partial charge is 0.465 e. The smallest absolute Gasteiger partial charge is 0.331 e. The molecule has 1 atom stereocenters. The molecule has 1 aromatic rings. The second kappa shape index (κ2) is 7.26. The number of benzene rings is 1. The first-order chi connectivity index (χ1) is 10.3. The molecule has 1 rings (SSSR count). The number of hydrogen-bond donors (Lipinski definition) is 0. The van der Waals surface area contributed by atoms with E-state index in [9.17, 15) is 10.1 Å². The van der Waals surface area contributed by atoms with Gasteiger partial charge < -0.3 is 4.74 Å². The molecule has 0 fully saturated rings. The molecule has 22 heavy (non-hydrogen) atoms. The molecule has 1 unspecified atom stereocenters. The molecule has 3 nitrogen and oxygen atoms in total. The fourth-order valence-electron chi connectivity index (χ4n) is 2.28. The van der Waals surface area contributed by atoms with Crippen molar-refractivity contribution in [3.8, 4) is 6.07 Å². The molecule has 0 N–H and O–H groups in total. The van der Waals surface area contributed by atoms with Crippen molar-refractivity contribution in [1.29, 1.82) is 5.26 Å². The second-order valence-electron chi connectivity index (χ2n) is 6.19. The molecule has 0 heterocycles. The molecule has 4 heteroatoms. The standard InChI is InChI=1S/C18H23NO2Si/c1-6-16(22(3,4)5)13-18(14-19,17(20)21-7-2)15-11-9-8-10-12-15/h8-12H,1,7,13H2,2-5H3. The molecule has 0 aliphatic carbocycles. The van der Waals surface area contributed by atoms with E-state index in [1.54, 1.807) is 19.1 Å². The molecule has 0 saturated carbocycles. The molecule has 0 aliphatic rings. The highest BCUT2D eigenvalue weighted by Crippen LogP contribution is 2.35. The average molecular weight is 313 g/mol. The lowest BCUT2D eigenvalue weighted by Crippen LogP contribution is -2.40. The molecule has 0 spiro atoms. The molecule has 1 aromatic carbocycles. The van der Waals surface area contributed by atoms with E-state index in [-0.39, 0.29) is 13.0 Å². The van der Waals surface area contributed by atoms with Crippen LogP contribution in [0.5, 0.6) is 0 Å². The summed E-state index contributed by atoms with van der Waals surface area (Å²) in [5.74, 6) is -0.505. The van der Waals surface area contributed by atoms with Gasteiger partial charge in [-0.3, -0.25) is 0 Å². The van der Waals surface area contributed by atoms with Crippen molar-refractivity contribution in [2.75, 3.05) is 6.61 Å². The Balaban J connectivity index is 3.44. The van der Waals surface area contributed by atoms with E-state index in [1.807, 2.05) is 18.2 Å². The van der Waals surface area contributed by atoms with Gasteiger partial charge in [0, 0.05) is 6.42 Å². The van der Waals surface area contributed by atoms with E-state index in [4.69, 9.17) is 4.74 Å². The van der Waals surface area contributed by atoms with Crippen molar-refractivity contribution in [3.05, 3.63) is 53.4 Å². The van der Waals surface area contributed by atoms with E-state index in [0.29, 0.717) is 5.56 Å². The van der Waals surface area contributed by atoms with Gasteiger partial charge in [0.05, 0.1) is 20.7 Å². The summed E-state index contributed by atoms with van der Waals surface area (Å²) in [6.45, 7) is 12.2. The zero-order chi connectivity index (χ0) is 16.8. The minimum atomic E-state index is -1.73. The van der Waals surface area contributed by atoms with Crippen molar-refractivity contribution in [1.82, 2.24) is 0 Å². The number of nitrogens with zero attached hydrogens (tertiary/aromatic N) is 1. The van der Waals surface area contributed by atoms with Crippen LogP contribution in [0.15, 0.2) is 47.8 Å². The molecular weight excluding hydrogens is 290 g/mol. The van der Waals surface area contributed by atoms with Crippen molar-refractivity contribution in [2.24, 2.45) is 0 Å². The van der Waals surface area contributed by atoms with Crippen LogP contribution < -0.4 is 0 Å². The van der Waals surface area contributed by atoms with Crippen LogP contribution in [0, 0.1) is 11.3 Å². The fourth-order valence-corrected chi connectivity index (χ4v) is 3.60. The normalized spacial score (nSPS) is 13.4. The minimum Gasteiger partial charge on any atom is -0.465 e. The van der Waals surface area contributed by atoms with Crippen LogP contribution in [0.2, 0.25) is 19.6 Å². The highest BCUT2D eigenvalue weighted by atomic mass is 28.3. The van der Waals surface area contributed by atoms with Crippen LogP contribution in [0.1, 0.15) is 18.9 Å². The zero-order valence-corrected chi connectivity index (χ0v) is 14.8. The quantitative estimate of drug-likeness (QED) is 0.453. The lowest BCUT2D eigenvalue weighted by atomic mass is 9.78. The van der Waals surface area contributed by atoms with E-state index >= 15 is 0 Å². The Morgan fingerprint density at radius 2 is 1.91 bits per heavy atom. The lowest BCUT2D eigenvalue weighted by Gasteiger charge is -2.29. The molecular formula is C18H23NO2Si. The summed E-state index contributed by atoms with van der Waals surface area (Å²) < 4.78 is 5.20. The number of hydrogen-bond acceptors (Lipinski definition) is 3. The van der Waals surface area contributed by atoms with Crippen LogP contribution in [-0.4, -0.2) is 20.7 Å². The minimum absolute atomic E-state index is 0.245. The molecule has 0 radical (unpaired) electrons. The third-order valence-corrected chi connectivity index (χ3v) is 5.81. The van der Waals surface area contributed by atoms with Gasteiger partial charge in [-0.05, 0) is 17.7 Å². The van der Waals surface area contributed by atoms with Gasteiger partial charge >= 0.3 is 5.97 Å². The Hall–Kier alpha value is -2.08. The van der Waals surface area contributed by atoms with Gasteiger partial charge in [0.25, 0.3) is 0 Å². The summed E-state index contributed by atoms with van der Waals surface area (Å²) >= 11 is 0. The summed E-state index contributed by atoms with van der Waals surface area (Å²) in [5.41, 5.74) is 2.29. The first-order valence-electron chi connectivity index (χ1n) is 7.35. The number of rotatable bonds is 6. The Morgan fingerprint density at radius 3 is 2.32 bits per heavy atom. The van der Waals surface area contributed by atoms with Crippen LogP contribution in [-0.2, 0) is 14.9 Å². The maximum absolute atomic E-state index is 12.6. The molecule has 0 aliphatic heterocycles. The van der Waals surface area contributed by atoms with Gasteiger partial charge in [-0.15, -0.1) is 5.73 Å². The average Bonchev–Trinajstić information content (AvgIpc) is 2.48. The third-order valence-electron chi connectivity index (χ3n) is 3.64. The van der Waals surface area contributed by atoms with Crippen LogP contribution in [0.25, 0.3) is 0 Å². The highest BCUT2D eigenvalue weighted by molar-refractivity contribution is 6.83. The summed E-state index contributed by atoms with van der Waals surface area (Å²) in [7, 11) is -1.73. The van der Waals surface area contributed by atoms with Gasteiger partial charge in [0.15, 0.2) is 5.41 Å². The Kier molecular flexibility index (Phi) is 5.93. The molecule has 0 bridgehead atoms. The van der Waals surface area contributed by atoms with Gasteiger partial charge in [-0.1, -0.05) is 56.6 Å². The SMILES string of the molecule is C=C=C(CC(C#N)(C(=O)OCC)c1ccccc1)[Si](C)(C)C. The predicted octanol–water partition coefficient (Wildman–Crippen LogP) is 3.99. The highest BCUT2D eigenvalue weighted by Gasteiger charge is 2.44. The van der Waals surface area contributed by atoms with E-state index in [2.05, 4.69) is 38.0 Å². The molecule has 116 valence electrons. The number of ether oxygens (including phenoxy) is 1. The predicted molar refractivity (Wildman–Crippen MR) is 91.0 cm³/mol. The van der Waals surface area contributed by atoms with Crippen molar-refractivity contribution in [2.45, 2.75) is 38.4 Å². The Morgan fingerprint density at radius 1 is 1.32 bits per heavy atom. The van der Waals surface area contributed by atoms with Crippen molar-refractivity contribution in [3.63, 3.8) is 0 Å². The van der Waals surface area contributed by atoms with E-state index < -0.39 is 19.5 Å². The van der Waals surface area contributed by atoms with E-state index in [1.165, 1.54) is 0 Å². The number of carbonyl (C=O) groups excluding carboxylic acids is 1. The number of esters is 1. The van der Waals surface area contributed by atoms with Gasteiger partial charge in [0.2, 0.25) is 0 Å². The second-order valence-corrected chi connectivity index (χ2v) is 11.3. The first kappa shape index (κ1) is 18.0. The van der Waals surface area contributed by atoms with Crippen molar-refractivity contribution < 1.29 is 9.53 Å². The van der Waals surface area contributed by atoms with Gasteiger partial charge in [0.1, 0.15) is 0 Å². The zero-order valence-electron chi connectivity index (χ0n) is 13.8. The monoisotopic (exact) mass is 313 g/mol. The van der Waals surface area contributed by atoms with E-state index in [0.717, 1.165) is 5.20 Å². The van der Waals surface area contributed by atoms with Crippen LogP contribution >= 0.6 is 0 Å². The summed E-state index contributed by atoms with van der Waals surface area (Å²) in [5, 5.41) is 10.8. The Labute approximate surface area is 133 Å². The third kappa shape index (κ3) is 3.76. The maximum Gasteiger partial charge on any atom is 0.331 e. The van der Waals surface area contributed by atoms with Crippen LogP contribution in [0.3, 0.4) is 0 Å². The molecule has 0 saturated heterocycles. The summed E-state index contributed by atoms with van der Waals surface area (Å²) in [6, 6.07) is 11.3. The topological polar surface area (TPSA) is 50.1 Å². The lowest BCUT2D eigenvalue weighted by molar-refractivity contribution is -0.147.